The van der Waals surface area contributed by atoms with Crippen molar-refractivity contribution in [2.75, 3.05) is 19.8 Å². The van der Waals surface area contributed by atoms with Crippen LogP contribution in [0.3, 0.4) is 0 Å². The molecule has 1 aromatic carbocycles. The van der Waals surface area contributed by atoms with Crippen LogP contribution in [0.4, 0.5) is 4.39 Å². The topological polar surface area (TPSA) is 70.5 Å². The van der Waals surface area contributed by atoms with Crippen LogP contribution in [0, 0.1) is 5.82 Å². The van der Waals surface area contributed by atoms with Crippen LogP contribution in [0.1, 0.15) is 54.4 Å². The first-order valence-electron chi connectivity index (χ1n) is 10.1. The minimum atomic E-state index is -0.508. The van der Waals surface area contributed by atoms with Crippen LogP contribution in [0.2, 0.25) is 0 Å². The molecule has 154 valence electrons. The lowest BCUT2D eigenvalue weighted by molar-refractivity contribution is -0.185. The molecule has 0 atom stereocenters. The van der Waals surface area contributed by atoms with Crippen molar-refractivity contribution in [3.63, 3.8) is 0 Å². The van der Waals surface area contributed by atoms with Crippen LogP contribution in [0.25, 0.3) is 0 Å². The summed E-state index contributed by atoms with van der Waals surface area (Å²) >= 11 is 0. The second-order valence-corrected chi connectivity index (χ2v) is 7.68. The van der Waals surface area contributed by atoms with Crippen molar-refractivity contribution in [3.05, 3.63) is 59.4 Å². The number of esters is 1. The Bertz CT molecular complexity index is 855. The zero-order valence-electron chi connectivity index (χ0n) is 16.5. The molecule has 1 spiro atoms. The molecule has 1 saturated carbocycles. The predicted molar refractivity (Wildman–Crippen MR) is 103 cm³/mol. The standard InChI is InChI=1S/C22H25FN2O4/c1-2-27-20(26)16-14-24-19(25-15-16)13-21(17-4-3-5-18(23)12-17)6-8-22(9-7-21)28-10-11-29-22/h3-5,12,14-15H,2,6-11,13H2,1H3. The number of nitrogens with zero attached hydrogens (tertiary/aromatic N) is 2. The van der Waals surface area contributed by atoms with E-state index in [2.05, 4.69) is 9.97 Å². The molecule has 0 bridgehead atoms. The molecule has 2 fully saturated rings. The van der Waals surface area contributed by atoms with E-state index < -0.39 is 11.8 Å². The summed E-state index contributed by atoms with van der Waals surface area (Å²) in [6.45, 7) is 3.29. The first-order chi connectivity index (χ1) is 14.0. The highest BCUT2D eigenvalue weighted by atomic mass is 19.1. The average Bonchev–Trinajstić information content (AvgIpc) is 3.19. The van der Waals surface area contributed by atoms with E-state index >= 15 is 0 Å². The van der Waals surface area contributed by atoms with Gasteiger partial charge in [-0.05, 0) is 37.5 Å². The van der Waals surface area contributed by atoms with E-state index in [9.17, 15) is 9.18 Å². The first kappa shape index (κ1) is 19.9. The first-order valence-corrected chi connectivity index (χ1v) is 10.1. The highest BCUT2D eigenvalue weighted by Gasteiger charge is 2.47. The number of benzene rings is 1. The van der Waals surface area contributed by atoms with Gasteiger partial charge in [0.25, 0.3) is 0 Å². The molecule has 0 amide bonds. The van der Waals surface area contributed by atoms with Gasteiger partial charge in [-0.1, -0.05) is 12.1 Å². The summed E-state index contributed by atoms with van der Waals surface area (Å²) in [5, 5.41) is 0. The van der Waals surface area contributed by atoms with Gasteiger partial charge >= 0.3 is 5.97 Å². The molecule has 29 heavy (non-hydrogen) atoms. The Morgan fingerprint density at radius 2 is 1.83 bits per heavy atom. The van der Waals surface area contributed by atoms with E-state index in [4.69, 9.17) is 14.2 Å². The minimum Gasteiger partial charge on any atom is -0.462 e. The largest absolute Gasteiger partial charge is 0.462 e. The van der Waals surface area contributed by atoms with Gasteiger partial charge in [0.2, 0.25) is 0 Å². The fourth-order valence-electron chi connectivity index (χ4n) is 4.35. The van der Waals surface area contributed by atoms with Gasteiger partial charge in [0.15, 0.2) is 5.79 Å². The number of hydrogen-bond acceptors (Lipinski definition) is 6. The lowest BCUT2D eigenvalue weighted by atomic mass is 9.65. The molecule has 1 aliphatic carbocycles. The van der Waals surface area contributed by atoms with E-state index in [0.717, 1.165) is 31.2 Å². The molecule has 2 aromatic rings. The normalized spacial score (nSPS) is 19.9. The Kier molecular flexibility index (Phi) is 5.61. The van der Waals surface area contributed by atoms with Gasteiger partial charge < -0.3 is 14.2 Å². The SMILES string of the molecule is CCOC(=O)c1cnc(CC2(c3cccc(F)c3)CCC3(CC2)OCCO3)nc1. The third kappa shape index (κ3) is 4.16. The van der Waals surface area contributed by atoms with E-state index in [1.807, 2.05) is 6.07 Å². The Labute approximate surface area is 169 Å². The number of aromatic nitrogens is 2. The summed E-state index contributed by atoms with van der Waals surface area (Å²) in [5.41, 5.74) is 0.947. The Morgan fingerprint density at radius 3 is 2.45 bits per heavy atom. The molecule has 7 heteroatoms. The van der Waals surface area contributed by atoms with Crippen LogP contribution >= 0.6 is 0 Å². The second-order valence-electron chi connectivity index (χ2n) is 7.68. The average molecular weight is 400 g/mol. The zero-order valence-corrected chi connectivity index (χ0v) is 16.5. The van der Waals surface area contributed by atoms with Crippen LogP contribution in [0.15, 0.2) is 36.7 Å². The molecule has 1 aliphatic heterocycles. The van der Waals surface area contributed by atoms with E-state index in [-0.39, 0.29) is 11.2 Å². The summed E-state index contributed by atoms with van der Waals surface area (Å²) in [5.74, 6) is -0.583. The second kappa shape index (κ2) is 8.16. The van der Waals surface area contributed by atoms with Gasteiger partial charge in [-0.25, -0.2) is 19.2 Å². The number of rotatable bonds is 5. The van der Waals surface area contributed by atoms with Gasteiger partial charge in [-0.3, -0.25) is 0 Å². The predicted octanol–water partition coefficient (Wildman–Crippen LogP) is 3.59. The van der Waals surface area contributed by atoms with Crippen molar-refractivity contribution >= 4 is 5.97 Å². The fourth-order valence-corrected chi connectivity index (χ4v) is 4.35. The molecule has 0 radical (unpaired) electrons. The molecule has 4 rings (SSSR count). The molecule has 0 unspecified atom stereocenters. The van der Waals surface area contributed by atoms with Crippen molar-refractivity contribution < 1.29 is 23.4 Å². The maximum Gasteiger partial charge on any atom is 0.341 e. The molecule has 1 aromatic heterocycles. The van der Waals surface area contributed by atoms with Crippen molar-refractivity contribution in [2.45, 2.75) is 50.2 Å². The van der Waals surface area contributed by atoms with Crippen molar-refractivity contribution in [1.29, 1.82) is 0 Å². The van der Waals surface area contributed by atoms with Crippen molar-refractivity contribution in [3.8, 4) is 0 Å². The Morgan fingerprint density at radius 1 is 1.14 bits per heavy atom. The molecule has 1 saturated heterocycles. The summed E-state index contributed by atoms with van der Waals surface area (Å²) in [6, 6.07) is 6.76. The van der Waals surface area contributed by atoms with Crippen LogP contribution in [0.5, 0.6) is 0 Å². The molecule has 2 aliphatic rings. The third-order valence-electron chi connectivity index (χ3n) is 5.93. The van der Waals surface area contributed by atoms with Crippen LogP contribution in [-0.2, 0) is 26.0 Å². The quantitative estimate of drug-likeness (QED) is 0.715. The highest BCUT2D eigenvalue weighted by Crippen LogP contribution is 2.47. The van der Waals surface area contributed by atoms with Gasteiger partial charge in [-0.2, -0.15) is 0 Å². The van der Waals surface area contributed by atoms with E-state index in [1.165, 1.54) is 18.5 Å². The summed E-state index contributed by atoms with van der Waals surface area (Å²) < 4.78 is 30.7. The van der Waals surface area contributed by atoms with Crippen molar-refractivity contribution in [1.82, 2.24) is 9.97 Å². The van der Waals surface area contributed by atoms with Gasteiger partial charge in [-0.15, -0.1) is 0 Å². The maximum atomic E-state index is 14.0. The summed E-state index contributed by atoms with van der Waals surface area (Å²) in [6.07, 6.45) is 6.57. The zero-order chi connectivity index (χ0) is 20.3. The minimum absolute atomic E-state index is 0.255. The molecule has 0 N–H and O–H groups in total. The molecular formula is C22H25FN2O4. The Hall–Kier alpha value is -2.38. The van der Waals surface area contributed by atoms with Gasteiger partial charge in [0.05, 0.1) is 25.4 Å². The number of ether oxygens (including phenoxy) is 3. The number of hydrogen-bond donors (Lipinski definition) is 0. The van der Waals surface area contributed by atoms with Crippen molar-refractivity contribution in [2.24, 2.45) is 0 Å². The third-order valence-corrected chi connectivity index (χ3v) is 5.93. The maximum absolute atomic E-state index is 14.0. The lowest BCUT2D eigenvalue weighted by Crippen LogP contribution is -2.43. The summed E-state index contributed by atoms with van der Waals surface area (Å²) in [4.78, 5) is 20.6. The van der Waals surface area contributed by atoms with Crippen LogP contribution in [-0.4, -0.2) is 41.5 Å². The fraction of sp³-hybridized carbons (Fsp3) is 0.500. The molecule has 6 nitrogen and oxygen atoms in total. The number of carbonyl (C=O) groups is 1. The lowest BCUT2D eigenvalue weighted by Gasteiger charge is -2.44. The summed E-state index contributed by atoms with van der Waals surface area (Å²) in [7, 11) is 0. The van der Waals surface area contributed by atoms with Gasteiger partial charge in [0, 0.05) is 37.1 Å². The number of halogens is 1. The van der Waals surface area contributed by atoms with E-state index in [0.29, 0.717) is 37.6 Å². The van der Waals surface area contributed by atoms with Crippen LogP contribution < -0.4 is 0 Å². The monoisotopic (exact) mass is 400 g/mol. The molecule has 2 heterocycles. The molecular weight excluding hydrogens is 375 g/mol. The highest BCUT2D eigenvalue weighted by molar-refractivity contribution is 5.88. The van der Waals surface area contributed by atoms with E-state index in [1.54, 1.807) is 19.1 Å². The Balaban J connectivity index is 1.59. The smallest absolute Gasteiger partial charge is 0.341 e. The van der Waals surface area contributed by atoms with Gasteiger partial charge in [0.1, 0.15) is 11.6 Å². The number of carbonyl (C=O) groups excluding carboxylic acids is 1.